The zero-order valence-electron chi connectivity index (χ0n) is 12.1. The van der Waals surface area contributed by atoms with E-state index in [-0.39, 0.29) is 11.8 Å². The Morgan fingerprint density at radius 3 is 2.48 bits per heavy atom. The Kier molecular flexibility index (Phi) is 5.32. The van der Waals surface area contributed by atoms with Crippen molar-refractivity contribution in [3.05, 3.63) is 71.5 Å². The Morgan fingerprint density at radius 1 is 1.10 bits per heavy atom. The van der Waals surface area contributed by atoms with Crippen molar-refractivity contribution in [3.8, 4) is 0 Å². The van der Waals surface area contributed by atoms with Crippen LogP contribution in [0.5, 0.6) is 0 Å². The fraction of sp³-hybridized carbons (Fsp3) is 0.235. The van der Waals surface area contributed by atoms with Gasteiger partial charge < -0.3 is 10.2 Å². The van der Waals surface area contributed by atoms with Gasteiger partial charge in [-0.25, -0.2) is 9.18 Å². The first-order chi connectivity index (χ1) is 10.2. The van der Waals surface area contributed by atoms with E-state index in [1.54, 1.807) is 11.0 Å². The first-order valence-corrected chi connectivity index (χ1v) is 7.00. The highest BCUT2D eigenvalue weighted by molar-refractivity contribution is 5.74. The smallest absolute Gasteiger partial charge is 0.317 e. The summed E-state index contributed by atoms with van der Waals surface area (Å²) in [4.78, 5) is 13.8. The van der Waals surface area contributed by atoms with Crippen molar-refractivity contribution in [2.24, 2.45) is 0 Å². The molecule has 0 heterocycles. The number of carbonyl (C=O) groups excluding carboxylic acids is 1. The molecule has 0 bridgehead atoms. The highest BCUT2D eigenvalue weighted by Gasteiger charge is 2.11. The van der Waals surface area contributed by atoms with Gasteiger partial charge in [0.05, 0.1) is 0 Å². The predicted octanol–water partition coefficient (Wildman–Crippen LogP) is 3.56. The zero-order chi connectivity index (χ0) is 15.1. The predicted molar refractivity (Wildman–Crippen MR) is 81.2 cm³/mol. The summed E-state index contributed by atoms with van der Waals surface area (Å²) in [5, 5.41) is 2.88. The summed E-state index contributed by atoms with van der Waals surface area (Å²) in [5.41, 5.74) is 1.83. The molecule has 1 N–H and O–H groups in total. The van der Waals surface area contributed by atoms with Gasteiger partial charge in [0.1, 0.15) is 5.82 Å². The molecule has 2 rings (SSSR count). The van der Waals surface area contributed by atoms with E-state index in [9.17, 15) is 9.18 Å². The number of halogens is 1. The summed E-state index contributed by atoms with van der Waals surface area (Å²) in [6.07, 6.45) is 0. The quantitative estimate of drug-likeness (QED) is 0.895. The lowest BCUT2D eigenvalue weighted by Gasteiger charge is -2.21. The van der Waals surface area contributed by atoms with Crippen LogP contribution in [0.4, 0.5) is 9.18 Å². The van der Waals surface area contributed by atoms with Gasteiger partial charge in [0.2, 0.25) is 0 Å². The summed E-state index contributed by atoms with van der Waals surface area (Å²) < 4.78 is 13.2. The van der Waals surface area contributed by atoms with Crippen LogP contribution < -0.4 is 5.32 Å². The van der Waals surface area contributed by atoms with Gasteiger partial charge in [-0.05, 0) is 30.2 Å². The van der Waals surface area contributed by atoms with Gasteiger partial charge in [-0.1, -0.05) is 42.5 Å². The van der Waals surface area contributed by atoms with Crippen LogP contribution >= 0.6 is 0 Å². The van der Waals surface area contributed by atoms with Crippen molar-refractivity contribution < 1.29 is 9.18 Å². The number of nitrogens with zero attached hydrogens (tertiary/aromatic N) is 1. The number of rotatable bonds is 5. The van der Waals surface area contributed by atoms with Gasteiger partial charge in [-0.15, -0.1) is 0 Å². The summed E-state index contributed by atoms with van der Waals surface area (Å²) >= 11 is 0. The second-order valence-corrected chi connectivity index (χ2v) is 4.79. The highest BCUT2D eigenvalue weighted by Crippen LogP contribution is 2.08. The van der Waals surface area contributed by atoms with Gasteiger partial charge in [0, 0.05) is 19.6 Å². The number of nitrogens with one attached hydrogen (secondary N) is 1. The van der Waals surface area contributed by atoms with Crippen LogP contribution in [-0.4, -0.2) is 17.5 Å². The molecule has 3 nitrogen and oxygen atoms in total. The molecule has 0 atom stereocenters. The van der Waals surface area contributed by atoms with Crippen molar-refractivity contribution in [1.29, 1.82) is 0 Å². The first-order valence-electron chi connectivity index (χ1n) is 7.00. The Bertz CT molecular complexity index is 586. The van der Waals surface area contributed by atoms with Crippen LogP contribution in [0.3, 0.4) is 0 Å². The average molecular weight is 286 g/mol. The van der Waals surface area contributed by atoms with E-state index in [4.69, 9.17) is 0 Å². The number of urea groups is 1. The van der Waals surface area contributed by atoms with Crippen LogP contribution in [0, 0.1) is 5.82 Å². The van der Waals surface area contributed by atoms with Gasteiger partial charge in [-0.3, -0.25) is 0 Å². The molecular formula is C17H19FN2O. The number of amides is 2. The van der Waals surface area contributed by atoms with Crippen molar-refractivity contribution in [1.82, 2.24) is 10.2 Å². The Morgan fingerprint density at radius 2 is 1.81 bits per heavy atom. The molecule has 0 aliphatic rings. The zero-order valence-corrected chi connectivity index (χ0v) is 12.1. The number of hydrogen-bond donors (Lipinski definition) is 1. The van der Waals surface area contributed by atoms with Crippen LogP contribution in [0.15, 0.2) is 54.6 Å². The van der Waals surface area contributed by atoms with E-state index in [2.05, 4.69) is 5.32 Å². The van der Waals surface area contributed by atoms with Crippen LogP contribution in [0.25, 0.3) is 0 Å². The fourth-order valence-electron chi connectivity index (χ4n) is 2.07. The molecule has 0 radical (unpaired) electrons. The van der Waals surface area contributed by atoms with Crippen molar-refractivity contribution >= 4 is 6.03 Å². The lowest BCUT2D eigenvalue weighted by molar-refractivity contribution is 0.197. The summed E-state index contributed by atoms with van der Waals surface area (Å²) in [6, 6.07) is 15.9. The maximum Gasteiger partial charge on any atom is 0.317 e. The van der Waals surface area contributed by atoms with E-state index in [0.717, 1.165) is 11.1 Å². The molecule has 0 saturated heterocycles. The normalized spacial score (nSPS) is 10.2. The summed E-state index contributed by atoms with van der Waals surface area (Å²) in [6.45, 7) is 3.35. The molecule has 2 amide bonds. The highest BCUT2D eigenvalue weighted by atomic mass is 19.1. The molecule has 0 aromatic heterocycles. The van der Waals surface area contributed by atoms with Gasteiger partial charge in [0.25, 0.3) is 0 Å². The fourth-order valence-corrected chi connectivity index (χ4v) is 2.07. The molecular weight excluding hydrogens is 267 g/mol. The Labute approximate surface area is 124 Å². The average Bonchev–Trinajstić information content (AvgIpc) is 2.51. The molecule has 0 spiro atoms. The first kappa shape index (κ1) is 15.0. The lowest BCUT2D eigenvalue weighted by Crippen LogP contribution is -2.39. The van der Waals surface area contributed by atoms with Gasteiger partial charge >= 0.3 is 6.03 Å². The van der Waals surface area contributed by atoms with E-state index < -0.39 is 0 Å². The molecule has 110 valence electrons. The lowest BCUT2D eigenvalue weighted by atomic mass is 10.2. The second-order valence-electron chi connectivity index (χ2n) is 4.79. The molecule has 0 unspecified atom stereocenters. The summed E-state index contributed by atoms with van der Waals surface area (Å²) in [7, 11) is 0. The molecule has 0 aliphatic heterocycles. The van der Waals surface area contributed by atoms with E-state index in [0.29, 0.717) is 19.6 Å². The molecule has 2 aromatic carbocycles. The molecule has 4 heteroatoms. The van der Waals surface area contributed by atoms with Crippen LogP contribution in [0.1, 0.15) is 18.1 Å². The van der Waals surface area contributed by atoms with Gasteiger partial charge in [0.15, 0.2) is 0 Å². The van der Waals surface area contributed by atoms with Crippen molar-refractivity contribution in [2.75, 3.05) is 6.54 Å². The van der Waals surface area contributed by atoms with Crippen molar-refractivity contribution in [2.45, 2.75) is 20.0 Å². The molecule has 21 heavy (non-hydrogen) atoms. The SMILES string of the molecule is CCN(Cc1cccc(F)c1)C(=O)NCc1ccccc1. The minimum absolute atomic E-state index is 0.148. The van der Waals surface area contributed by atoms with Gasteiger partial charge in [-0.2, -0.15) is 0 Å². The third-order valence-corrected chi connectivity index (χ3v) is 3.22. The summed E-state index contributed by atoms with van der Waals surface area (Å²) in [5.74, 6) is -0.284. The Hall–Kier alpha value is -2.36. The van der Waals surface area contributed by atoms with Crippen molar-refractivity contribution in [3.63, 3.8) is 0 Å². The Balaban J connectivity index is 1.92. The molecule has 0 fully saturated rings. The monoisotopic (exact) mass is 286 g/mol. The molecule has 0 aliphatic carbocycles. The number of carbonyl (C=O) groups is 1. The minimum Gasteiger partial charge on any atom is -0.334 e. The van der Waals surface area contributed by atoms with Crippen LogP contribution in [0.2, 0.25) is 0 Å². The number of hydrogen-bond acceptors (Lipinski definition) is 1. The van der Waals surface area contributed by atoms with Crippen LogP contribution in [-0.2, 0) is 13.1 Å². The second kappa shape index (κ2) is 7.43. The maximum absolute atomic E-state index is 13.2. The maximum atomic E-state index is 13.2. The minimum atomic E-state index is -0.284. The molecule has 2 aromatic rings. The third-order valence-electron chi connectivity index (χ3n) is 3.22. The third kappa shape index (κ3) is 4.60. The molecule has 0 saturated carbocycles. The van der Waals surface area contributed by atoms with E-state index in [1.807, 2.05) is 43.3 Å². The largest absolute Gasteiger partial charge is 0.334 e. The topological polar surface area (TPSA) is 32.3 Å². The number of benzene rings is 2. The van der Waals surface area contributed by atoms with E-state index in [1.165, 1.54) is 12.1 Å². The van der Waals surface area contributed by atoms with E-state index >= 15 is 0 Å². The standard InChI is InChI=1S/C17H19FN2O/c1-2-20(13-15-9-6-10-16(18)11-15)17(21)19-12-14-7-4-3-5-8-14/h3-11H,2,12-13H2,1H3,(H,19,21).